The minimum absolute atomic E-state index is 0.162. The van der Waals surface area contributed by atoms with Gasteiger partial charge in [0.25, 0.3) is 0 Å². The molecule has 1 aromatic carbocycles. The first-order valence-electron chi connectivity index (χ1n) is 6.47. The number of aromatic amines is 1. The standard InChI is InChI=1S/C13H17BrN4OS/c1-2-7-18-12(19)16-17-13(18)20-11-4-3-9(5-6-15)8-10(11)14/h3-4,8H,2,5-7,15H2,1H3,(H,16,19). The van der Waals surface area contributed by atoms with E-state index in [2.05, 4.69) is 38.3 Å². The van der Waals surface area contributed by atoms with Crippen LogP contribution in [0.4, 0.5) is 0 Å². The Morgan fingerprint density at radius 3 is 2.95 bits per heavy atom. The maximum absolute atomic E-state index is 11.7. The molecule has 2 rings (SSSR count). The predicted molar refractivity (Wildman–Crippen MR) is 84.2 cm³/mol. The largest absolute Gasteiger partial charge is 0.343 e. The highest BCUT2D eigenvalue weighted by molar-refractivity contribution is 9.10. The van der Waals surface area contributed by atoms with Crippen LogP contribution in [0.1, 0.15) is 18.9 Å². The molecule has 3 N–H and O–H groups in total. The van der Waals surface area contributed by atoms with E-state index < -0.39 is 0 Å². The number of H-pyrrole nitrogens is 1. The van der Waals surface area contributed by atoms with E-state index in [1.807, 2.05) is 13.0 Å². The number of nitrogens with one attached hydrogen (secondary N) is 1. The zero-order valence-electron chi connectivity index (χ0n) is 11.2. The van der Waals surface area contributed by atoms with Gasteiger partial charge in [0, 0.05) is 15.9 Å². The smallest absolute Gasteiger partial charge is 0.330 e. The van der Waals surface area contributed by atoms with E-state index in [-0.39, 0.29) is 5.69 Å². The van der Waals surface area contributed by atoms with E-state index in [9.17, 15) is 4.79 Å². The van der Waals surface area contributed by atoms with Gasteiger partial charge < -0.3 is 5.73 Å². The van der Waals surface area contributed by atoms with E-state index in [0.717, 1.165) is 22.2 Å². The Kier molecular flexibility index (Phi) is 5.45. The monoisotopic (exact) mass is 356 g/mol. The lowest BCUT2D eigenvalue weighted by Crippen LogP contribution is -2.17. The molecule has 0 saturated heterocycles. The lowest BCUT2D eigenvalue weighted by Gasteiger charge is -2.07. The highest BCUT2D eigenvalue weighted by Gasteiger charge is 2.11. The summed E-state index contributed by atoms with van der Waals surface area (Å²) < 4.78 is 2.65. The van der Waals surface area contributed by atoms with Crippen LogP contribution in [-0.2, 0) is 13.0 Å². The quantitative estimate of drug-likeness (QED) is 0.832. The lowest BCUT2D eigenvalue weighted by atomic mass is 10.2. The Balaban J connectivity index is 2.24. The van der Waals surface area contributed by atoms with Gasteiger partial charge in [-0.2, -0.15) is 0 Å². The van der Waals surface area contributed by atoms with Crippen molar-refractivity contribution in [3.05, 3.63) is 38.7 Å². The van der Waals surface area contributed by atoms with Gasteiger partial charge >= 0.3 is 5.69 Å². The fourth-order valence-electron chi connectivity index (χ4n) is 1.85. The molecule has 0 saturated carbocycles. The summed E-state index contributed by atoms with van der Waals surface area (Å²) in [6, 6.07) is 6.13. The Morgan fingerprint density at radius 1 is 1.50 bits per heavy atom. The molecule has 108 valence electrons. The van der Waals surface area contributed by atoms with Crippen LogP contribution in [0.5, 0.6) is 0 Å². The number of nitrogens with zero attached hydrogens (tertiary/aromatic N) is 2. The molecular formula is C13H17BrN4OS. The highest BCUT2D eigenvalue weighted by Crippen LogP contribution is 2.32. The Bertz CT molecular complexity index is 638. The molecule has 0 aliphatic carbocycles. The highest BCUT2D eigenvalue weighted by atomic mass is 79.9. The maximum Gasteiger partial charge on any atom is 0.343 e. The Morgan fingerprint density at radius 2 is 2.30 bits per heavy atom. The Labute approximate surface area is 130 Å². The summed E-state index contributed by atoms with van der Waals surface area (Å²) in [5, 5.41) is 7.26. The van der Waals surface area contributed by atoms with E-state index in [1.165, 1.54) is 17.3 Å². The van der Waals surface area contributed by atoms with Gasteiger partial charge in [-0.05, 0) is 64.8 Å². The molecule has 0 amide bonds. The SMILES string of the molecule is CCCn1c(Sc2ccc(CCN)cc2Br)n[nH]c1=O. The molecule has 0 atom stereocenters. The molecule has 0 unspecified atom stereocenters. The number of rotatable bonds is 6. The molecule has 5 nitrogen and oxygen atoms in total. The van der Waals surface area contributed by atoms with E-state index in [4.69, 9.17) is 5.73 Å². The predicted octanol–water partition coefficient (Wildman–Crippen LogP) is 2.40. The number of halogens is 1. The average Bonchev–Trinajstić information content (AvgIpc) is 2.75. The molecule has 7 heteroatoms. The molecule has 0 bridgehead atoms. The van der Waals surface area contributed by atoms with E-state index in [1.54, 1.807) is 4.57 Å². The third-order valence-electron chi connectivity index (χ3n) is 2.80. The summed E-state index contributed by atoms with van der Waals surface area (Å²) in [4.78, 5) is 12.7. The van der Waals surface area contributed by atoms with Crippen LogP contribution >= 0.6 is 27.7 Å². The summed E-state index contributed by atoms with van der Waals surface area (Å²) in [5.74, 6) is 0. The van der Waals surface area contributed by atoms with Gasteiger partial charge in [-0.1, -0.05) is 13.0 Å². The first kappa shape index (κ1) is 15.3. The Hall–Kier alpha value is -1.05. The maximum atomic E-state index is 11.7. The van der Waals surface area contributed by atoms with Crippen LogP contribution in [-0.4, -0.2) is 21.3 Å². The summed E-state index contributed by atoms with van der Waals surface area (Å²) >= 11 is 5.03. The molecule has 20 heavy (non-hydrogen) atoms. The van der Waals surface area contributed by atoms with Crippen LogP contribution in [0.15, 0.2) is 37.5 Å². The summed E-state index contributed by atoms with van der Waals surface area (Å²) in [6.07, 6.45) is 1.75. The normalized spacial score (nSPS) is 10.9. The van der Waals surface area contributed by atoms with E-state index in [0.29, 0.717) is 18.2 Å². The minimum atomic E-state index is -0.162. The number of aromatic nitrogens is 3. The molecule has 0 spiro atoms. The lowest BCUT2D eigenvalue weighted by molar-refractivity contribution is 0.604. The molecule has 1 heterocycles. The third-order valence-corrected chi connectivity index (χ3v) is 4.79. The van der Waals surface area contributed by atoms with Crippen LogP contribution in [0, 0.1) is 0 Å². The van der Waals surface area contributed by atoms with Crippen molar-refractivity contribution in [2.45, 2.75) is 36.4 Å². The average molecular weight is 357 g/mol. The molecule has 0 aliphatic rings. The van der Waals surface area contributed by atoms with Gasteiger partial charge in [0.1, 0.15) is 0 Å². The van der Waals surface area contributed by atoms with E-state index >= 15 is 0 Å². The summed E-state index contributed by atoms with van der Waals surface area (Å²) in [7, 11) is 0. The zero-order chi connectivity index (χ0) is 14.5. The third kappa shape index (κ3) is 3.53. The van der Waals surface area contributed by atoms with Crippen LogP contribution < -0.4 is 11.4 Å². The first-order valence-corrected chi connectivity index (χ1v) is 8.08. The topological polar surface area (TPSA) is 76.7 Å². The second-order valence-electron chi connectivity index (χ2n) is 4.37. The van der Waals surface area contributed by atoms with Crippen molar-refractivity contribution in [3.8, 4) is 0 Å². The number of benzene rings is 1. The molecular weight excluding hydrogens is 340 g/mol. The molecule has 0 aliphatic heterocycles. The van der Waals surface area contributed by atoms with Gasteiger partial charge in [-0.15, -0.1) is 5.10 Å². The van der Waals surface area contributed by atoms with Gasteiger partial charge in [0.2, 0.25) is 0 Å². The van der Waals surface area contributed by atoms with Crippen molar-refractivity contribution in [1.82, 2.24) is 14.8 Å². The number of hydrogen-bond acceptors (Lipinski definition) is 4. The van der Waals surface area contributed by atoms with Crippen molar-refractivity contribution in [2.75, 3.05) is 6.54 Å². The second kappa shape index (κ2) is 7.10. The molecule has 2 aromatic rings. The van der Waals surface area contributed by atoms with Crippen molar-refractivity contribution in [1.29, 1.82) is 0 Å². The summed E-state index contributed by atoms with van der Waals surface area (Å²) in [6.45, 7) is 3.33. The number of nitrogens with two attached hydrogens (primary N) is 1. The van der Waals surface area contributed by atoms with Crippen molar-refractivity contribution >= 4 is 27.7 Å². The molecule has 1 aromatic heterocycles. The zero-order valence-corrected chi connectivity index (χ0v) is 13.6. The van der Waals surface area contributed by atoms with Crippen molar-refractivity contribution in [2.24, 2.45) is 5.73 Å². The van der Waals surface area contributed by atoms with Crippen LogP contribution in [0.25, 0.3) is 0 Å². The molecule has 0 fully saturated rings. The van der Waals surface area contributed by atoms with Crippen molar-refractivity contribution in [3.63, 3.8) is 0 Å². The fraction of sp³-hybridized carbons (Fsp3) is 0.385. The van der Waals surface area contributed by atoms with Gasteiger partial charge in [0.05, 0.1) is 0 Å². The van der Waals surface area contributed by atoms with Crippen molar-refractivity contribution < 1.29 is 0 Å². The minimum Gasteiger partial charge on any atom is -0.330 e. The van der Waals surface area contributed by atoms with Crippen LogP contribution in [0.3, 0.4) is 0 Å². The van der Waals surface area contributed by atoms with Crippen LogP contribution in [0.2, 0.25) is 0 Å². The first-order chi connectivity index (χ1) is 9.65. The molecule has 0 radical (unpaired) electrons. The van der Waals surface area contributed by atoms with Gasteiger partial charge in [0.15, 0.2) is 5.16 Å². The number of hydrogen-bond donors (Lipinski definition) is 2. The second-order valence-corrected chi connectivity index (χ2v) is 6.23. The van der Waals surface area contributed by atoms with Gasteiger partial charge in [-0.3, -0.25) is 4.57 Å². The van der Waals surface area contributed by atoms with Gasteiger partial charge in [-0.25, -0.2) is 9.89 Å². The fourth-order valence-corrected chi connectivity index (χ4v) is 3.38. The summed E-state index contributed by atoms with van der Waals surface area (Å²) in [5.41, 5.74) is 6.59.